The van der Waals surface area contributed by atoms with E-state index in [0.29, 0.717) is 18.0 Å². The highest BCUT2D eigenvalue weighted by molar-refractivity contribution is 7.89. The largest absolute Gasteiger partial charge is 0.360 e. The van der Waals surface area contributed by atoms with Gasteiger partial charge in [-0.1, -0.05) is 29.4 Å². The minimum Gasteiger partial charge on any atom is -0.360 e. The summed E-state index contributed by atoms with van der Waals surface area (Å²) in [5.74, 6) is 0.550. The fourth-order valence-electron chi connectivity index (χ4n) is 3.21. The summed E-state index contributed by atoms with van der Waals surface area (Å²) in [4.78, 5) is 0.164. The number of nitrogens with zero attached hydrogens (tertiary/aromatic N) is 1. The molecule has 22 heavy (non-hydrogen) atoms. The van der Waals surface area contributed by atoms with Gasteiger partial charge in [0, 0.05) is 6.54 Å². The van der Waals surface area contributed by atoms with Gasteiger partial charge in [0.2, 0.25) is 10.0 Å². The molecule has 1 aromatic heterocycles. The number of fused-ring (bicyclic) bond motifs is 1. The van der Waals surface area contributed by atoms with E-state index in [1.165, 1.54) is 11.1 Å². The number of hydrogen-bond acceptors (Lipinski definition) is 4. The van der Waals surface area contributed by atoms with Gasteiger partial charge in [-0.3, -0.25) is 0 Å². The van der Waals surface area contributed by atoms with Gasteiger partial charge in [0.15, 0.2) is 5.76 Å². The number of rotatable bonds is 4. The van der Waals surface area contributed by atoms with E-state index in [9.17, 15) is 8.42 Å². The van der Waals surface area contributed by atoms with Crippen molar-refractivity contribution in [2.45, 2.75) is 43.9 Å². The third kappa shape index (κ3) is 2.80. The molecule has 0 radical (unpaired) electrons. The zero-order chi connectivity index (χ0) is 15.7. The Morgan fingerprint density at radius 3 is 2.82 bits per heavy atom. The molecule has 2 aromatic rings. The summed E-state index contributed by atoms with van der Waals surface area (Å²) in [5.41, 5.74) is 2.99. The Bertz CT molecular complexity index is 761. The molecule has 5 nitrogen and oxygen atoms in total. The molecule has 0 bridgehead atoms. The van der Waals surface area contributed by atoms with E-state index in [-0.39, 0.29) is 10.8 Å². The van der Waals surface area contributed by atoms with Gasteiger partial charge in [0.05, 0.1) is 0 Å². The normalized spacial score (nSPS) is 18.2. The summed E-state index contributed by atoms with van der Waals surface area (Å²) in [6.07, 6.45) is 3.17. The van der Waals surface area contributed by atoms with Gasteiger partial charge in [-0.15, -0.1) is 0 Å². The highest BCUT2D eigenvalue weighted by Crippen LogP contribution is 2.31. The summed E-state index contributed by atoms with van der Waals surface area (Å²) in [5, 5.41) is 3.72. The average molecular weight is 320 g/mol. The van der Waals surface area contributed by atoms with E-state index in [1.54, 1.807) is 13.8 Å². The highest BCUT2D eigenvalue weighted by Gasteiger charge is 2.26. The molecule has 1 heterocycles. The Morgan fingerprint density at radius 2 is 2.09 bits per heavy atom. The second kappa shape index (κ2) is 5.85. The van der Waals surface area contributed by atoms with Crippen LogP contribution in [-0.4, -0.2) is 20.1 Å². The molecule has 0 fully saturated rings. The van der Waals surface area contributed by atoms with Gasteiger partial charge in [0.25, 0.3) is 0 Å². The van der Waals surface area contributed by atoms with E-state index < -0.39 is 10.0 Å². The smallest absolute Gasteiger partial charge is 0.245 e. The van der Waals surface area contributed by atoms with Gasteiger partial charge >= 0.3 is 0 Å². The van der Waals surface area contributed by atoms with Crippen molar-refractivity contribution in [3.63, 3.8) is 0 Å². The summed E-state index contributed by atoms with van der Waals surface area (Å²) >= 11 is 0. The number of benzene rings is 1. The highest BCUT2D eigenvalue weighted by atomic mass is 32.2. The van der Waals surface area contributed by atoms with E-state index in [0.717, 1.165) is 19.3 Å². The maximum absolute atomic E-state index is 12.5. The Hall–Kier alpha value is -1.66. The van der Waals surface area contributed by atoms with Crippen LogP contribution in [0.2, 0.25) is 0 Å². The van der Waals surface area contributed by atoms with Crippen LogP contribution >= 0.6 is 0 Å². The maximum Gasteiger partial charge on any atom is 0.245 e. The van der Waals surface area contributed by atoms with Crippen molar-refractivity contribution in [2.75, 3.05) is 6.54 Å². The minimum absolute atomic E-state index is 0.164. The molecular formula is C16H20N2O3S. The zero-order valence-corrected chi connectivity index (χ0v) is 13.6. The molecule has 0 aliphatic heterocycles. The van der Waals surface area contributed by atoms with Crippen molar-refractivity contribution in [3.8, 4) is 0 Å². The van der Waals surface area contributed by atoms with Crippen molar-refractivity contribution in [1.29, 1.82) is 0 Å². The molecule has 3 rings (SSSR count). The Labute approximate surface area is 130 Å². The molecule has 1 N–H and O–H groups in total. The standard InChI is InChI=1S/C16H20N2O3S/c1-11-16(12(2)21-18-11)22(19,20)17-10-14-8-5-7-13-6-3-4-9-15(13)14/h3-4,6,9,14,17H,5,7-8,10H2,1-2H3/t14-/m1/s1. The van der Waals surface area contributed by atoms with Crippen molar-refractivity contribution in [3.05, 3.63) is 46.8 Å². The summed E-state index contributed by atoms with van der Waals surface area (Å²) in [6.45, 7) is 3.66. The van der Waals surface area contributed by atoms with Crippen LogP contribution in [-0.2, 0) is 16.4 Å². The number of nitrogens with one attached hydrogen (secondary N) is 1. The van der Waals surface area contributed by atoms with Crippen LogP contribution in [0.25, 0.3) is 0 Å². The third-order valence-corrected chi connectivity index (χ3v) is 5.92. The summed E-state index contributed by atoms with van der Waals surface area (Å²) in [6, 6.07) is 8.28. The fraction of sp³-hybridized carbons (Fsp3) is 0.438. The second-order valence-corrected chi connectivity index (χ2v) is 7.50. The maximum atomic E-state index is 12.5. The molecule has 0 saturated heterocycles. The second-order valence-electron chi connectivity index (χ2n) is 5.79. The Morgan fingerprint density at radius 1 is 1.32 bits per heavy atom. The van der Waals surface area contributed by atoms with Crippen molar-refractivity contribution in [2.24, 2.45) is 0 Å². The number of aryl methyl sites for hydroxylation is 3. The molecular weight excluding hydrogens is 300 g/mol. The molecule has 118 valence electrons. The lowest BCUT2D eigenvalue weighted by molar-refractivity contribution is 0.390. The van der Waals surface area contributed by atoms with Crippen LogP contribution in [0.15, 0.2) is 33.7 Å². The van der Waals surface area contributed by atoms with Crippen LogP contribution < -0.4 is 4.72 Å². The van der Waals surface area contributed by atoms with Gasteiger partial charge in [-0.05, 0) is 50.2 Å². The lowest BCUT2D eigenvalue weighted by Crippen LogP contribution is -2.30. The van der Waals surface area contributed by atoms with Gasteiger partial charge in [-0.2, -0.15) is 0 Å². The first-order valence-electron chi connectivity index (χ1n) is 7.49. The third-order valence-electron chi connectivity index (χ3n) is 4.25. The molecule has 6 heteroatoms. The monoisotopic (exact) mass is 320 g/mol. The van der Waals surface area contributed by atoms with Crippen LogP contribution in [0.3, 0.4) is 0 Å². The quantitative estimate of drug-likeness (QED) is 0.940. The predicted molar refractivity (Wildman–Crippen MR) is 83.3 cm³/mol. The molecule has 0 saturated carbocycles. The Balaban J connectivity index is 1.79. The van der Waals surface area contributed by atoms with Crippen LogP contribution in [0.5, 0.6) is 0 Å². The molecule has 1 atom stereocenters. The SMILES string of the molecule is Cc1noc(C)c1S(=O)(=O)NC[C@H]1CCCc2ccccc21. The van der Waals surface area contributed by atoms with Crippen LogP contribution in [0.1, 0.15) is 41.3 Å². The van der Waals surface area contributed by atoms with Crippen molar-refractivity contribution < 1.29 is 12.9 Å². The van der Waals surface area contributed by atoms with E-state index in [4.69, 9.17) is 4.52 Å². The van der Waals surface area contributed by atoms with Gasteiger partial charge < -0.3 is 4.52 Å². The average Bonchev–Trinajstić information content (AvgIpc) is 2.85. The number of sulfonamides is 1. The molecule has 0 spiro atoms. The van der Waals surface area contributed by atoms with Crippen molar-refractivity contribution >= 4 is 10.0 Å². The first-order valence-corrected chi connectivity index (χ1v) is 8.97. The molecule has 1 aliphatic rings. The molecule has 0 unspecified atom stereocenters. The zero-order valence-electron chi connectivity index (χ0n) is 12.8. The molecule has 1 aliphatic carbocycles. The minimum atomic E-state index is -3.59. The Kier molecular flexibility index (Phi) is 4.06. The van der Waals surface area contributed by atoms with Crippen molar-refractivity contribution in [1.82, 2.24) is 9.88 Å². The van der Waals surface area contributed by atoms with Crippen LogP contribution in [0.4, 0.5) is 0 Å². The predicted octanol–water partition coefficient (Wildman–Crippen LogP) is 2.69. The lowest BCUT2D eigenvalue weighted by Gasteiger charge is -2.25. The number of hydrogen-bond donors (Lipinski definition) is 1. The first-order chi connectivity index (χ1) is 10.5. The molecule has 1 aromatic carbocycles. The lowest BCUT2D eigenvalue weighted by atomic mass is 9.83. The number of aromatic nitrogens is 1. The van der Waals surface area contributed by atoms with Gasteiger partial charge in [0.1, 0.15) is 10.6 Å². The van der Waals surface area contributed by atoms with Gasteiger partial charge in [-0.25, -0.2) is 13.1 Å². The molecule has 0 amide bonds. The first kappa shape index (κ1) is 15.2. The summed E-state index contributed by atoms with van der Waals surface area (Å²) in [7, 11) is -3.59. The van der Waals surface area contributed by atoms with Crippen LogP contribution in [0, 0.1) is 13.8 Å². The summed E-state index contributed by atoms with van der Waals surface area (Å²) < 4.78 is 32.6. The topological polar surface area (TPSA) is 72.2 Å². The fourth-order valence-corrected chi connectivity index (χ4v) is 4.61. The van der Waals surface area contributed by atoms with E-state index >= 15 is 0 Å². The van der Waals surface area contributed by atoms with E-state index in [1.807, 2.05) is 12.1 Å². The van der Waals surface area contributed by atoms with E-state index in [2.05, 4.69) is 22.0 Å².